The molecule has 1 aromatic rings. The lowest BCUT2D eigenvalue weighted by atomic mass is 9.90. The second-order valence-corrected chi connectivity index (χ2v) is 4.47. The first-order valence-corrected chi connectivity index (χ1v) is 6.25. The zero-order chi connectivity index (χ0) is 13.0. The van der Waals surface area contributed by atoms with Crippen LogP contribution < -0.4 is 4.74 Å². The van der Waals surface area contributed by atoms with Gasteiger partial charge < -0.3 is 4.74 Å². The summed E-state index contributed by atoms with van der Waals surface area (Å²) in [5.41, 5.74) is 2.94. The number of carbonyl (C=O) groups is 1. The van der Waals surface area contributed by atoms with Crippen LogP contribution in [0, 0.1) is 19.8 Å². The average Bonchev–Trinajstić information content (AvgIpc) is 2.33. The standard InChI is InChI=1S/C15H22O2/c1-6-12(7-2)14(16)13-9-8-10(3)11(4)15(13)17-5/h8-9,12H,6-7H2,1-5H3. The molecular weight excluding hydrogens is 212 g/mol. The lowest BCUT2D eigenvalue weighted by Crippen LogP contribution is -2.14. The maximum absolute atomic E-state index is 12.4. The molecule has 0 saturated heterocycles. The van der Waals surface area contributed by atoms with Crippen molar-refractivity contribution in [3.8, 4) is 5.75 Å². The molecule has 0 unspecified atom stereocenters. The minimum atomic E-state index is 0.103. The van der Waals surface area contributed by atoms with Crippen molar-refractivity contribution >= 4 is 5.78 Å². The van der Waals surface area contributed by atoms with Crippen molar-refractivity contribution in [2.24, 2.45) is 5.92 Å². The van der Waals surface area contributed by atoms with E-state index in [4.69, 9.17) is 4.74 Å². The van der Waals surface area contributed by atoms with E-state index < -0.39 is 0 Å². The number of Topliss-reactive ketones (excluding diaryl/α,β-unsaturated/α-hetero) is 1. The summed E-state index contributed by atoms with van der Waals surface area (Å²) in [6, 6.07) is 3.88. The Morgan fingerprint density at radius 1 is 1.24 bits per heavy atom. The highest BCUT2D eigenvalue weighted by molar-refractivity contribution is 6.00. The first kappa shape index (κ1) is 13.8. The topological polar surface area (TPSA) is 26.3 Å². The van der Waals surface area contributed by atoms with Gasteiger partial charge in [0, 0.05) is 5.92 Å². The number of ether oxygens (including phenoxy) is 1. The number of aryl methyl sites for hydroxylation is 1. The Morgan fingerprint density at radius 2 is 1.82 bits per heavy atom. The Morgan fingerprint density at radius 3 is 2.29 bits per heavy atom. The summed E-state index contributed by atoms with van der Waals surface area (Å²) < 4.78 is 5.40. The summed E-state index contributed by atoms with van der Waals surface area (Å²) in [7, 11) is 1.63. The molecule has 0 amide bonds. The van der Waals surface area contributed by atoms with E-state index in [0.717, 1.165) is 35.3 Å². The highest BCUT2D eigenvalue weighted by Crippen LogP contribution is 2.29. The number of benzene rings is 1. The second-order valence-electron chi connectivity index (χ2n) is 4.47. The highest BCUT2D eigenvalue weighted by Gasteiger charge is 2.21. The minimum Gasteiger partial charge on any atom is -0.496 e. The van der Waals surface area contributed by atoms with Crippen molar-refractivity contribution < 1.29 is 9.53 Å². The van der Waals surface area contributed by atoms with Gasteiger partial charge in [-0.2, -0.15) is 0 Å². The van der Waals surface area contributed by atoms with E-state index in [1.807, 2.05) is 26.0 Å². The Hall–Kier alpha value is -1.31. The Labute approximate surface area is 104 Å². The van der Waals surface area contributed by atoms with E-state index in [0.29, 0.717) is 0 Å². The SMILES string of the molecule is CCC(CC)C(=O)c1ccc(C)c(C)c1OC. The molecule has 0 spiro atoms. The maximum atomic E-state index is 12.4. The van der Waals surface area contributed by atoms with E-state index in [9.17, 15) is 4.79 Å². The van der Waals surface area contributed by atoms with Gasteiger partial charge in [-0.1, -0.05) is 19.9 Å². The summed E-state index contributed by atoms with van der Waals surface area (Å²) in [5, 5.41) is 0. The van der Waals surface area contributed by atoms with E-state index in [1.54, 1.807) is 7.11 Å². The van der Waals surface area contributed by atoms with Crippen molar-refractivity contribution in [1.82, 2.24) is 0 Å². The van der Waals surface area contributed by atoms with Crippen LogP contribution in [0.3, 0.4) is 0 Å². The van der Waals surface area contributed by atoms with Gasteiger partial charge in [0.25, 0.3) is 0 Å². The average molecular weight is 234 g/mol. The fourth-order valence-corrected chi connectivity index (χ4v) is 2.13. The van der Waals surface area contributed by atoms with Crippen LogP contribution in [0.1, 0.15) is 48.2 Å². The molecule has 1 rings (SSSR count). The number of carbonyl (C=O) groups excluding carboxylic acids is 1. The van der Waals surface area contributed by atoms with E-state index in [1.165, 1.54) is 0 Å². The second kappa shape index (κ2) is 5.85. The van der Waals surface area contributed by atoms with Gasteiger partial charge in [-0.25, -0.2) is 0 Å². The first-order valence-electron chi connectivity index (χ1n) is 6.25. The van der Waals surface area contributed by atoms with Crippen LogP contribution in [0.25, 0.3) is 0 Å². The van der Waals surface area contributed by atoms with Crippen molar-refractivity contribution in [2.45, 2.75) is 40.5 Å². The molecular formula is C15H22O2. The Bertz CT molecular complexity index is 404. The minimum absolute atomic E-state index is 0.103. The fraction of sp³-hybridized carbons (Fsp3) is 0.533. The molecule has 0 N–H and O–H groups in total. The number of hydrogen-bond donors (Lipinski definition) is 0. The third kappa shape index (κ3) is 2.68. The molecule has 2 heteroatoms. The summed E-state index contributed by atoms with van der Waals surface area (Å²) in [6.07, 6.45) is 1.76. The molecule has 0 radical (unpaired) electrons. The van der Waals surface area contributed by atoms with Gasteiger partial charge in [-0.3, -0.25) is 4.79 Å². The lowest BCUT2D eigenvalue weighted by Gasteiger charge is -2.16. The predicted molar refractivity (Wildman–Crippen MR) is 70.9 cm³/mol. The molecule has 0 fully saturated rings. The monoisotopic (exact) mass is 234 g/mol. The summed E-state index contributed by atoms with van der Waals surface area (Å²) in [4.78, 5) is 12.4. The van der Waals surface area contributed by atoms with Gasteiger partial charge in [0.2, 0.25) is 0 Å². The van der Waals surface area contributed by atoms with Crippen LogP contribution >= 0.6 is 0 Å². The molecule has 0 atom stereocenters. The third-order valence-electron chi connectivity index (χ3n) is 3.50. The van der Waals surface area contributed by atoms with Gasteiger partial charge in [0.15, 0.2) is 5.78 Å². The molecule has 94 valence electrons. The summed E-state index contributed by atoms with van der Waals surface area (Å²) in [5.74, 6) is 1.04. The Kier molecular flexibility index (Phi) is 4.73. The number of methoxy groups -OCH3 is 1. The lowest BCUT2D eigenvalue weighted by molar-refractivity contribution is 0.0910. The maximum Gasteiger partial charge on any atom is 0.169 e. The largest absolute Gasteiger partial charge is 0.496 e. The zero-order valence-electron chi connectivity index (χ0n) is 11.5. The summed E-state index contributed by atoms with van der Waals surface area (Å²) >= 11 is 0. The van der Waals surface area contributed by atoms with Gasteiger partial charge in [-0.15, -0.1) is 0 Å². The molecule has 17 heavy (non-hydrogen) atoms. The molecule has 0 aliphatic carbocycles. The quantitative estimate of drug-likeness (QED) is 0.721. The van der Waals surface area contributed by atoms with Crippen LogP contribution in [0.2, 0.25) is 0 Å². The molecule has 0 heterocycles. The van der Waals surface area contributed by atoms with Crippen molar-refractivity contribution in [2.75, 3.05) is 7.11 Å². The van der Waals surface area contributed by atoms with Crippen molar-refractivity contribution in [1.29, 1.82) is 0 Å². The zero-order valence-corrected chi connectivity index (χ0v) is 11.5. The molecule has 0 aromatic heterocycles. The molecule has 0 aliphatic rings. The predicted octanol–water partition coefficient (Wildman–Crippen LogP) is 3.93. The molecule has 0 aliphatic heterocycles. The molecule has 0 saturated carbocycles. The number of rotatable bonds is 5. The van der Waals surface area contributed by atoms with Crippen LogP contribution in [0.5, 0.6) is 5.75 Å². The number of hydrogen-bond acceptors (Lipinski definition) is 2. The smallest absolute Gasteiger partial charge is 0.169 e. The van der Waals surface area contributed by atoms with E-state index in [-0.39, 0.29) is 11.7 Å². The van der Waals surface area contributed by atoms with Crippen LogP contribution in [0.4, 0.5) is 0 Å². The summed E-state index contributed by atoms with van der Waals surface area (Å²) in [6.45, 7) is 8.14. The van der Waals surface area contributed by atoms with Gasteiger partial charge in [0.1, 0.15) is 5.75 Å². The van der Waals surface area contributed by atoms with Crippen LogP contribution in [-0.2, 0) is 0 Å². The Balaban J connectivity index is 3.22. The van der Waals surface area contributed by atoms with Crippen LogP contribution in [0.15, 0.2) is 12.1 Å². The molecule has 1 aromatic carbocycles. The number of ketones is 1. The van der Waals surface area contributed by atoms with Gasteiger partial charge in [-0.05, 0) is 43.9 Å². The third-order valence-corrected chi connectivity index (χ3v) is 3.50. The molecule has 0 bridgehead atoms. The van der Waals surface area contributed by atoms with Crippen molar-refractivity contribution in [3.05, 3.63) is 28.8 Å². The van der Waals surface area contributed by atoms with Gasteiger partial charge in [0.05, 0.1) is 12.7 Å². The van der Waals surface area contributed by atoms with Gasteiger partial charge >= 0.3 is 0 Å². The van der Waals surface area contributed by atoms with Crippen LogP contribution in [-0.4, -0.2) is 12.9 Å². The molecule has 2 nitrogen and oxygen atoms in total. The highest BCUT2D eigenvalue weighted by atomic mass is 16.5. The van der Waals surface area contributed by atoms with E-state index >= 15 is 0 Å². The van der Waals surface area contributed by atoms with E-state index in [2.05, 4.69) is 13.8 Å². The normalized spacial score (nSPS) is 10.7. The van der Waals surface area contributed by atoms with Crippen molar-refractivity contribution in [3.63, 3.8) is 0 Å². The first-order chi connectivity index (χ1) is 8.06. The fourth-order valence-electron chi connectivity index (χ4n) is 2.13.